The third kappa shape index (κ3) is 58.8. The van der Waals surface area contributed by atoms with Crippen molar-refractivity contribution in [3.63, 3.8) is 0 Å². The molecule has 0 fully saturated rings. The maximum Gasteiger partial charge on any atom is 0.306 e. The first kappa shape index (κ1) is 69.1. The second kappa shape index (κ2) is 60.6. The molecule has 0 aromatic rings. The van der Waals surface area contributed by atoms with Crippen molar-refractivity contribution < 1.29 is 28.6 Å². The van der Waals surface area contributed by atoms with Gasteiger partial charge in [0, 0.05) is 19.3 Å². The summed E-state index contributed by atoms with van der Waals surface area (Å²) in [5.74, 6) is -1.04. The topological polar surface area (TPSA) is 78.9 Å². The van der Waals surface area contributed by atoms with Crippen LogP contribution in [0.1, 0.15) is 278 Å². The van der Waals surface area contributed by atoms with Gasteiger partial charge in [-0.05, 0) is 96.3 Å². The highest BCUT2D eigenvalue weighted by molar-refractivity contribution is 5.71. The van der Waals surface area contributed by atoms with Crippen LogP contribution in [0.2, 0.25) is 0 Å². The third-order valence-electron chi connectivity index (χ3n) is 12.8. The number of esters is 3. The number of hydrogen-bond donors (Lipinski definition) is 0. The summed E-state index contributed by atoms with van der Waals surface area (Å²) in [6, 6.07) is 0. The van der Waals surface area contributed by atoms with Gasteiger partial charge in [0.1, 0.15) is 13.2 Å². The first-order valence-corrected chi connectivity index (χ1v) is 30.4. The standard InChI is InChI=1S/C67H112O6/c1-4-7-10-13-16-19-22-25-28-30-32-33-35-37-40-43-46-49-52-55-58-61-67(70)73-64(62-71-65(68)59-56-53-50-47-44-41-38-27-24-21-18-15-12-9-6-3)63-72-66(69)60-57-54-51-48-45-42-39-36-34-31-29-26-23-20-17-14-11-8-5-2/h9,12,17-18,20-21,26-27,29,34,36,38,42,44-45,47,51,54,64H,4-8,10-11,13-16,19,22-25,28,30-33,35,37,39-41,43,46,48-50,52-53,55-63H2,1-3H3/b12-9-,20-17-,21-18-,29-26-,36-34-,38-27-,45-42-,47-44-,54-51-/t64-/m1/s1. The molecule has 0 aliphatic carbocycles. The van der Waals surface area contributed by atoms with Crippen molar-refractivity contribution in [2.45, 2.75) is 284 Å². The molecule has 0 unspecified atom stereocenters. The van der Waals surface area contributed by atoms with Gasteiger partial charge in [-0.25, -0.2) is 0 Å². The third-order valence-corrected chi connectivity index (χ3v) is 12.8. The fourth-order valence-corrected chi connectivity index (χ4v) is 8.24. The van der Waals surface area contributed by atoms with Crippen LogP contribution in [-0.2, 0) is 28.6 Å². The summed E-state index contributed by atoms with van der Waals surface area (Å²) >= 11 is 0. The average molecular weight is 1010 g/mol. The van der Waals surface area contributed by atoms with E-state index in [1.165, 1.54) is 141 Å². The Morgan fingerprint density at radius 3 is 0.945 bits per heavy atom. The maximum absolute atomic E-state index is 12.9. The van der Waals surface area contributed by atoms with Crippen molar-refractivity contribution in [1.29, 1.82) is 0 Å². The molecule has 6 heteroatoms. The molecule has 0 bridgehead atoms. The Morgan fingerprint density at radius 2 is 0.562 bits per heavy atom. The largest absolute Gasteiger partial charge is 0.462 e. The lowest BCUT2D eigenvalue weighted by Crippen LogP contribution is -2.30. The van der Waals surface area contributed by atoms with E-state index in [2.05, 4.69) is 124 Å². The Hall–Kier alpha value is -3.93. The molecule has 0 rings (SSSR count). The van der Waals surface area contributed by atoms with Crippen molar-refractivity contribution in [1.82, 2.24) is 0 Å². The quantitative estimate of drug-likeness (QED) is 0.0261. The maximum atomic E-state index is 12.9. The fourth-order valence-electron chi connectivity index (χ4n) is 8.24. The predicted octanol–water partition coefficient (Wildman–Crippen LogP) is 20.7. The Bertz CT molecular complexity index is 1490. The lowest BCUT2D eigenvalue weighted by atomic mass is 10.0. The fraction of sp³-hybridized carbons (Fsp3) is 0.687. The molecule has 0 heterocycles. The van der Waals surface area contributed by atoms with Crippen LogP contribution in [0, 0.1) is 0 Å². The molecule has 0 saturated heterocycles. The molecule has 0 aromatic carbocycles. The molecule has 1 atom stereocenters. The SMILES string of the molecule is CC/C=C\C/C=C\C/C=C\C/C=C\CCCCC(=O)OC[C@H](COC(=O)CC/C=C\C/C=C\C/C=C\C/C=C\C/C=C\CCCCC)OC(=O)CCCCCCCCCCCCCCCCCCCCCCC. The van der Waals surface area contributed by atoms with Gasteiger partial charge in [-0.1, -0.05) is 271 Å². The first-order chi connectivity index (χ1) is 36.0. The molecule has 0 radical (unpaired) electrons. The van der Waals surface area contributed by atoms with E-state index >= 15 is 0 Å². The van der Waals surface area contributed by atoms with Gasteiger partial charge in [0.2, 0.25) is 0 Å². The summed E-state index contributed by atoms with van der Waals surface area (Å²) in [6.45, 7) is 6.42. The number of carbonyl (C=O) groups is 3. The normalized spacial score (nSPS) is 12.9. The van der Waals surface area contributed by atoms with Crippen LogP contribution in [0.25, 0.3) is 0 Å². The Labute approximate surface area is 450 Å². The Balaban J connectivity index is 4.50. The summed E-state index contributed by atoms with van der Waals surface area (Å²) in [6.07, 6.45) is 82.5. The van der Waals surface area contributed by atoms with E-state index in [-0.39, 0.29) is 37.5 Å². The van der Waals surface area contributed by atoms with E-state index in [0.717, 1.165) is 83.5 Å². The van der Waals surface area contributed by atoms with Crippen LogP contribution in [0.4, 0.5) is 0 Å². The van der Waals surface area contributed by atoms with Gasteiger partial charge < -0.3 is 14.2 Å². The zero-order chi connectivity index (χ0) is 52.9. The van der Waals surface area contributed by atoms with Crippen LogP contribution < -0.4 is 0 Å². The predicted molar refractivity (Wildman–Crippen MR) is 316 cm³/mol. The van der Waals surface area contributed by atoms with Crippen LogP contribution in [0.15, 0.2) is 109 Å². The summed E-state index contributed by atoms with van der Waals surface area (Å²) in [7, 11) is 0. The minimum Gasteiger partial charge on any atom is -0.462 e. The molecule has 0 aliphatic rings. The van der Waals surface area contributed by atoms with Crippen LogP contribution in [0.5, 0.6) is 0 Å². The summed E-state index contributed by atoms with van der Waals surface area (Å²) in [5, 5.41) is 0. The molecular formula is C67H112O6. The number of unbranched alkanes of at least 4 members (excludes halogenated alkanes) is 25. The molecule has 6 nitrogen and oxygen atoms in total. The summed E-state index contributed by atoms with van der Waals surface area (Å²) in [4.78, 5) is 38.2. The highest BCUT2D eigenvalue weighted by Gasteiger charge is 2.19. The number of hydrogen-bond acceptors (Lipinski definition) is 6. The highest BCUT2D eigenvalue weighted by Crippen LogP contribution is 2.16. The van der Waals surface area contributed by atoms with E-state index in [9.17, 15) is 14.4 Å². The molecule has 416 valence electrons. The average Bonchev–Trinajstić information content (AvgIpc) is 3.39. The monoisotopic (exact) mass is 1010 g/mol. The second-order valence-electron chi connectivity index (χ2n) is 19.9. The van der Waals surface area contributed by atoms with Gasteiger partial charge in [-0.3, -0.25) is 14.4 Å². The number of allylic oxidation sites excluding steroid dienone is 18. The summed E-state index contributed by atoms with van der Waals surface area (Å²) in [5.41, 5.74) is 0. The number of carbonyl (C=O) groups excluding carboxylic acids is 3. The van der Waals surface area contributed by atoms with Gasteiger partial charge in [0.25, 0.3) is 0 Å². The van der Waals surface area contributed by atoms with E-state index < -0.39 is 6.10 Å². The molecule has 0 N–H and O–H groups in total. The van der Waals surface area contributed by atoms with E-state index in [1.807, 2.05) is 6.08 Å². The van der Waals surface area contributed by atoms with Gasteiger partial charge in [-0.2, -0.15) is 0 Å². The molecule has 0 saturated carbocycles. The van der Waals surface area contributed by atoms with Crippen molar-refractivity contribution in [2.75, 3.05) is 13.2 Å². The Morgan fingerprint density at radius 1 is 0.288 bits per heavy atom. The lowest BCUT2D eigenvalue weighted by molar-refractivity contribution is -0.166. The molecule has 73 heavy (non-hydrogen) atoms. The minimum atomic E-state index is -0.826. The van der Waals surface area contributed by atoms with E-state index in [0.29, 0.717) is 25.7 Å². The zero-order valence-electron chi connectivity index (χ0n) is 47.6. The molecule has 0 amide bonds. The minimum absolute atomic E-state index is 0.122. The molecular weight excluding hydrogens is 901 g/mol. The zero-order valence-corrected chi connectivity index (χ0v) is 47.6. The van der Waals surface area contributed by atoms with Crippen molar-refractivity contribution in [3.8, 4) is 0 Å². The summed E-state index contributed by atoms with van der Waals surface area (Å²) < 4.78 is 16.8. The first-order valence-electron chi connectivity index (χ1n) is 30.4. The van der Waals surface area contributed by atoms with E-state index in [4.69, 9.17) is 14.2 Å². The van der Waals surface area contributed by atoms with Gasteiger partial charge >= 0.3 is 17.9 Å². The smallest absolute Gasteiger partial charge is 0.306 e. The molecule has 0 spiro atoms. The van der Waals surface area contributed by atoms with Gasteiger partial charge in [0.15, 0.2) is 6.10 Å². The molecule has 0 aliphatic heterocycles. The van der Waals surface area contributed by atoms with Crippen LogP contribution in [0.3, 0.4) is 0 Å². The van der Waals surface area contributed by atoms with Crippen molar-refractivity contribution in [3.05, 3.63) is 109 Å². The number of ether oxygens (including phenoxy) is 3. The highest BCUT2D eigenvalue weighted by atomic mass is 16.6. The van der Waals surface area contributed by atoms with Crippen molar-refractivity contribution in [2.24, 2.45) is 0 Å². The van der Waals surface area contributed by atoms with E-state index in [1.54, 1.807) is 0 Å². The lowest BCUT2D eigenvalue weighted by Gasteiger charge is -2.18. The van der Waals surface area contributed by atoms with Gasteiger partial charge in [-0.15, -0.1) is 0 Å². The van der Waals surface area contributed by atoms with Gasteiger partial charge in [0.05, 0.1) is 0 Å². The second-order valence-corrected chi connectivity index (χ2v) is 19.9. The Kier molecular flexibility index (Phi) is 57.4. The van der Waals surface area contributed by atoms with Crippen molar-refractivity contribution >= 4 is 17.9 Å². The number of rotatable bonds is 54. The molecule has 0 aromatic heterocycles. The van der Waals surface area contributed by atoms with Crippen LogP contribution in [-0.4, -0.2) is 37.2 Å². The van der Waals surface area contributed by atoms with Crippen LogP contribution >= 0.6 is 0 Å².